The van der Waals surface area contributed by atoms with Gasteiger partial charge in [-0.3, -0.25) is 4.68 Å². The van der Waals surface area contributed by atoms with Crippen molar-refractivity contribution in [3.8, 4) is 17.5 Å². The van der Waals surface area contributed by atoms with E-state index in [-0.39, 0.29) is 47.4 Å². The smallest absolute Gasteiger partial charge is 0.333 e. The van der Waals surface area contributed by atoms with Gasteiger partial charge in [0.05, 0.1) is 31.8 Å². The highest BCUT2D eigenvalue weighted by Crippen LogP contribution is 2.55. The van der Waals surface area contributed by atoms with Gasteiger partial charge in [-0.25, -0.2) is 42.0 Å². The summed E-state index contributed by atoms with van der Waals surface area (Å²) in [5, 5.41) is 12.5. The van der Waals surface area contributed by atoms with E-state index in [2.05, 4.69) is 58.4 Å². The first-order chi connectivity index (χ1) is 41.0. The molecule has 6 heterocycles. The van der Waals surface area contributed by atoms with E-state index in [1.165, 1.54) is 28.2 Å². The van der Waals surface area contributed by atoms with Crippen LogP contribution in [0.15, 0.2) is 51.7 Å². The molecule has 3 aliphatic heterocycles. The van der Waals surface area contributed by atoms with Gasteiger partial charge < -0.3 is 39.3 Å². The van der Waals surface area contributed by atoms with Crippen molar-refractivity contribution in [2.45, 2.75) is 181 Å². The highest BCUT2D eigenvalue weighted by Gasteiger charge is 2.42. The highest BCUT2D eigenvalue weighted by atomic mass is 32.2. The number of aryl methyl sites for hydroxylation is 7. The van der Waals surface area contributed by atoms with Crippen LogP contribution in [0.25, 0.3) is 0 Å². The Balaban J connectivity index is 0.650. The van der Waals surface area contributed by atoms with Gasteiger partial charge in [-0.1, -0.05) is 18.2 Å². The molecule has 3 aromatic heterocycles. The number of hydrogen-bond acceptors (Lipinski definition) is 14. The number of ether oxygens (including phenoxy) is 3. The number of imidazole rings is 1. The molecular weight excluding hydrogens is 1150 g/mol. The van der Waals surface area contributed by atoms with Gasteiger partial charge in [-0.2, -0.15) is 21.9 Å². The number of aromatic nitrogens is 5. The topological polar surface area (TPSA) is 294 Å². The van der Waals surface area contributed by atoms with E-state index >= 15 is 0 Å². The Morgan fingerprint density at radius 3 is 1.82 bits per heavy atom. The SMILES string of the molecule is O=C(Nc1c2c(cc3c1C(C1CCc4c1cc1c(c4NC(=O)NS(=O)(=O)c4nn(CC5CCn6cnc(S(=O)(=O)NC(=O)Nc7c8c(cc9c7CCC9)CCC8)c6O5)c5c4OCCC5)CCC1)CC3)CCC2)NS(=O)(=O)c1ccn2c1OCCC2. The number of nitrogens with zero attached hydrogens (tertiary/aromatic N) is 5. The molecule has 0 spiro atoms. The van der Waals surface area contributed by atoms with E-state index in [0.717, 1.165) is 152 Å². The van der Waals surface area contributed by atoms with Crippen LogP contribution >= 0.6 is 0 Å². The molecule has 3 unspecified atom stereocenters. The van der Waals surface area contributed by atoms with Crippen LogP contribution in [-0.4, -0.2) is 86.6 Å². The summed E-state index contributed by atoms with van der Waals surface area (Å²) in [6.07, 6.45) is 17.6. The van der Waals surface area contributed by atoms with Crippen molar-refractivity contribution in [1.29, 1.82) is 0 Å². The average molecular weight is 1220 g/mol. The van der Waals surface area contributed by atoms with Gasteiger partial charge in [0.1, 0.15) is 11.0 Å². The minimum absolute atomic E-state index is 0.00604. The van der Waals surface area contributed by atoms with E-state index in [0.29, 0.717) is 74.6 Å². The molecule has 0 bridgehead atoms. The van der Waals surface area contributed by atoms with Crippen molar-refractivity contribution in [1.82, 2.24) is 38.1 Å². The van der Waals surface area contributed by atoms with Crippen LogP contribution < -0.4 is 44.3 Å². The predicted octanol–water partition coefficient (Wildman–Crippen LogP) is 7.09. The summed E-state index contributed by atoms with van der Waals surface area (Å²) in [5.41, 5.74) is 15.3. The second-order valence-electron chi connectivity index (χ2n) is 24.0. The fraction of sp³-hybridized carbons (Fsp3) is 0.475. The van der Waals surface area contributed by atoms with Crippen molar-refractivity contribution in [2.24, 2.45) is 0 Å². The number of hydrogen-bond donors (Lipinski definition) is 6. The van der Waals surface area contributed by atoms with Gasteiger partial charge in [-0.05, 0) is 207 Å². The molecular formula is C59H65N11O12S3. The van der Waals surface area contributed by atoms with Crippen LogP contribution in [0.1, 0.15) is 142 Å². The molecule has 446 valence electrons. The fourth-order valence-electron chi connectivity index (χ4n) is 15.4. The zero-order valence-corrected chi connectivity index (χ0v) is 49.2. The Morgan fingerprint density at radius 2 is 1.13 bits per heavy atom. The largest absolute Gasteiger partial charge is 0.489 e. The van der Waals surface area contributed by atoms with Crippen molar-refractivity contribution in [2.75, 3.05) is 29.2 Å². The summed E-state index contributed by atoms with van der Waals surface area (Å²) in [5.74, 6) is 0.132. The Morgan fingerprint density at radius 1 is 0.541 bits per heavy atom. The van der Waals surface area contributed by atoms with Crippen molar-refractivity contribution in [3.63, 3.8) is 0 Å². The van der Waals surface area contributed by atoms with Crippen molar-refractivity contribution < 1.29 is 53.8 Å². The van der Waals surface area contributed by atoms with Crippen molar-refractivity contribution >= 4 is 65.2 Å². The summed E-state index contributed by atoms with van der Waals surface area (Å²) in [6.45, 7) is 1.54. The number of carbonyl (C=O) groups excluding carboxylic acids is 3. The Bertz CT molecular complexity index is 4190. The maximum atomic E-state index is 14.5. The molecule has 3 atom stereocenters. The fourth-order valence-corrected chi connectivity index (χ4v) is 18.4. The molecule has 0 saturated carbocycles. The quantitative estimate of drug-likeness (QED) is 0.0714. The van der Waals surface area contributed by atoms with Gasteiger partial charge in [0.2, 0.25) is 21.8 Å². The zero-order chi connectivity index (χ0) is 58.1. The van der Waals surface area contributed by atoms with Crippen LogP contribution in [0.2, 0.25) is 0 Å². The van der Waals surface area contributed by atoms with E-state index in [1.807, 2.05) is 0 Å². The number of nitrogens with one attached hydrogen (secondary N) is 6. The van der Waals surface area contributed by atoms with Gasteiger partial charge >= 0.3 is 18.1 Å². The zero-order valence-electron chi connectivity index (χ0n) is 46.7. The Hall–Kier alpha value is -7.58. The lowest BCUT2D eigenvalue weighted by atomic mass is 9.81. The van der Waals surface area contributed by atoms with Crippen molar-refractivity contribution in [3.05, 3.63) is 109 Å². The molecule has 26 heteroatoms. The lowest BCUT2D eigenvalue weighted by molar-refractivity contribution is 0.113. The molecule has 0 saturated heterocycles. The van der Waals surface area contributed by atoms with Crippen LogP contribution in [0, 0.1) is 0 Å². The molecule has 3 aromatic carbocycles. The molecule has 0 radical (unpaired) electrons. The number of amides is 6. The number of benzene rings is 3. The number of fused-ring (bicyclic) bond motifs is 9. The van der Waals surface area contributed by atoms with Crippen LogP contribution in [0.5, 0.6) is 17.5 Å². The molecule has 6 amide bonds. The van der Waals surface area contributed by atoms with E-state index in [4.69, 9.17) is 14.2 Å². The molecule has 6 N–H and O–H groups in total. The summed E-state index contributed by atoms with van der Waals surface area (Å²) >= 11 is 0. The van der Waals surface area contributed by atoms with E-state index in [9.17, 15) is 39.6 Å². The molecule has 85 heavy (non-hydrogen) atoms. The number of urea groups is 3. The first-order valence-corrected chi connectivity index (χ1v) is 34.3. The second-order valence-corrected chi connectivity index (χ2v) is 28.8. The Labute approximate surface area is 491 Å². The van der Waals surface area contributed by atoms with Crippen LogP contribution in [-0.2, 0) is 120 Å². The maximum absolute atomic E-state index is 14.5. The predicted molar refractivity (Wildman–Crippen MR) is 309 cm³/mol. The molecule has 0 fully saturated rings. The summed E-state index contributed by atoms with van der Waals surface area (Å²) in [6, 6.07) is 5.50. The summed E-state index contributed by atoms with van der Waals surface area (Å²) < 4.78 is 114. The number of carbonyl (C=O) groups is 3. The minimum atomic E-state index is -4.67. The van der Waals surface area contributed by atoms with Gasteiger partial charge in [0.25, 0.3) is 30.1 Å². The normalized spacial score (nSPS) is 20.4. The number of anilines is 3. The first kappa shape index (κ1) is 54.1. The molecule has 15 rings (SSSR count). The highest BCUT2D eigenvalue weighted by molar-refractivity contribution is 7.90. The Kier molecular flexibility index (Phi) is 13.1. The summed E-state index contributed by atoms with van der Waals surface area (Å²) in [4.78, 5) is 45.8. The third-order valence-electron chi connectivity index (χ3n) is 19.0. The molecule has 6 aliphatic carbocycles. The molecule has 9 aliphatic rings. The van der Waals surface area contributed by atoms with Crippen LogP contribution in [0.3, 0.4) is 0 Å². The maximum Gasteiger partial charge on any atom is 0.333 e. The number of sulfonamides is 3. The minimum Gasteiger partial charge on any atom is -0.489 e. The van der Waals surface area contributed by atoms with E-state index in [1.54, 1.807) is 15.3 Å². The van der Waals surface area contributed by atoms with E-state index < -0.39 is 64.3 Å². The molecule has 23 nitrogen and oxygen atoms in total. The van der Waals surface area contributed by atoms with Crippen LogP contribution in [0.4, 0.5) is 31.4 Å². The third-order valence-corrected chi connectivity index (χ3v) is 22.8. The third kappa shape index (κ3) is 9.38. The average Bonchev–Trinajstić information content (AvgIpc) is 2.35. The van der Waals surface area contributed by atoms with Gasteiger partial charge in [0.15, 0.2) is 5.75 Å². The molecule has 6 aromatic rings. The standard InChI is InChI=1S/C59H65N11O12S3/c71-57(61-49-38-11-1-7-32(38)27-33-8-2-12-39(33)49)67-85(78,79)54-56-69(31-60-54)23-20-37(82-56)30-70-46-15-5-25-80-52(46)53(64-70)84(76,77)66-58(72)62-50-40-13-4-10-35(40)29-45-42(18-19-44(45)50)43-17-16-36-28-34-9-3-14-41(34)51(48(36)43)63-59(73)65-83(74,75)47-21-24-68-22-6-26-81-55(47)68/h21,24,27-29,31,37,42-43H,1-20,22-23,25-26,30H2,(H2,61,67,71)(H2,62,66,72)(H2,63,65,73). The second kappa shape index (κ2) is 20.6. The van der Waals surface area contributed by atoms with Gasteiger partial charge in [-0.15, -0.1) is 0 Å². The monoisotopic (exact) mass is 1220 g/mol. The summed E-state index contributed by atoms with van der Waals surface area (Å²) in [7, 11) is -13.5. The van der Waals surface area contributed by atoms with Gasteiger partial charge in [0, 0.05) is 42.8 Å². The lowest BCUT2D eigenvalue weighted by Gasteiger charge is -2.26. The first-order valence-electron chi connectivity index (χ1n) is 29.8. The lowest BCUT2D eigenvalue weighted by Crippen LogP contribution is -2.36. The number of rotatable bonds is 12.